The van der Waals surface area contributed by atoms with Crippen LogP contribution in [0.3, 0.4) is 0 Å². The van der Waals surface area contributed by atoms with E-state index < -0.39 is 10.2 Å². The minimum absolute atomic E-state index is 0.152. The first-order chi connectivity index (χ1) is 8.03. The molecule has 2 rings (SSSR count). The minimum Gasteiger partial charge on any atom is -0.312 e. The summed E-state index contributed by atoms with van der Waals surface area (Å²) in [4.78, 5) is 0. The molecule has 6 heteroatoms. The Morgan fingerprint density at radius 3 is 2.53 bits per heavy atom. The van der Waals surface area contributed by atoms with Gasteiger partial charge < -0.3 is 5.32 Å². The number of nitrogens with one attached hydrogen (secondary N) is 1. The summed E-state index contributed by atoms with van der Waals surface area (Å²) in [6, 6.07) is 0.503. The van der Waals surface area contributed by atoms with Crippen molar-refractivity contribution < 1.29 is 8.42 Å². The van der Waals surface area contributed by atoms with Crippen molar-refractivity contribution in [2.45, 2.75) is 44.2 Å². The molecule has 2 saturated heterocycles. The largest absolute Gasteiger partial charge is 0.312 e. The van der Waals surface area contributed by atoms with Gasteiger partial charge in [0.15, 0.2) is 0 Å². The maximum absolute atomic E-state index is 12.3. The highest BCUT2D eigenvalue weighted by Gasteiger charge is 2.38. The highest BCUT2D eigenvalue weighted by molar-refractivity contribution is 7.86. The lowest BCUT2D eigenvalue weighted by Crippen LogP contribution is -2.55. The second kappa shape index (κ2) is 5.22. The molecule has 0 amide bonds. The monoisotopic (exact) mass is 261 g/mol. The molecule has 2 aliphatic heterocycles. The number of hydrogen-bond acceptors (Lipinski definition) is 3. The third-order valence-corrected chi connectivity index (χ3v) is 5.79. The van der Waals surface area contributed by atoms with Crippen LogP contribution in [0.25, 0.3) is 0 Å². The fraction of sp³-hybridized carbons (Fsp3) is 1.00. The Morgan fingerprint density at radius 1 is 1.18 bits per heavy atom. The zero-order chi connectivity index (χ0) is 12.5. The molecule has 5 nitrogen and oxygen atoms in total. The topological polar surface area (TPSA) is 52.7 Å². The molecule has 0 radical (unpaired) electrons. The van der Waals surface area contributed by atoms with Gasteiger partial charge in [0.25, 0.3) is 10.2 Å². The molecule has 0 bridgehead atoms. The average Bonchev–Trinajstić information content (AvgIpc) is 2.82. The van der Waals surface area contributed by atoms with Crippen molar-refractivity contribution in [1.29, 1.82) is 0 Å². The zero-order valence-electron chi connectivity index (χ0n) is 10.7. The Balaban J connectivity index is 2.17. The summed E-state index contributed by atoms with van der Waals surface area (Å²) in [5.74, 6) is 0. The van der Waals surface area contributed by atoms with Crippen molar-refractivity contribution in [3.05, 3.63) is 0 Å². The second-order valence-electron chi connectivity index (χ2n) is 5.17. The number of rotatable bonds is 3. The van der Waals surface area contributed by atoms with Crippen molar-refractivity contribution in [3.63, 3.8) is 0 Å². The van der Waals surface area contributed by atoms with Gasteiger partial charge in [-0.05, 0) is 32.2 Å². The molecule has 0 aromatic rings. The Hall–Kier alpha value is -0.170. The quantitative estimate of drug-likeness (QED) is 0.800. The summed E-state index contributed by atoms with van der Waals surface area (Å²) in [6.07, 6.45) is 5.38. The lowest BCUT2D eigenvalue weighted by molar-refractivity contribution is 0.201. The lowest BCUT2D eigenvalue weighted by atomic mass is 9.97. The summed E-state index contributed by atoms with van der Waals surface area (Å²) in [5, 5.41) is 3.44. The number of nitrogens with zero attached hydrogens (tertiary/aromatic N) is 2. The fourth-order valence-electron chi connectivity index (χ4n) is 2.87. The maximum atomic E-state index is 12.3. The van der Waals surface area contributed by atoms with Crippen molar-refractivity contribution >= 4 is 10.2 Å². The Labute approximate surface area is 104 Å². The fourth-order valence-corrected chi connectivity index (χ4v) is 4.24. The van der Waals surface area contributed by atoms with Crippen LogP contribution in [0.1, 0.15) is 32.1 Å². The summed E-state index contributed by atoms with van der Waals surface area (Å²) in [6.45, 7) is 1.69. The third-order valence-electron chi connectivity index (χ3n) is 3.82. The van der Waals surface area contributed by atoms with E-state index in [0.717, 1.165) is 38.6 Å². The minimum atomic E-state index is -3.26. The van der Waals surface area contributed by atoms with Crippen molar-refractivity contribution in [3.8, 4) is 0 Å². The average molecular weight is 261 g/mol. The van der Waals surface area contributed by atoms with E-state index >= 15 is 0 Å². The lowest BCUT2D eigenvalue weighted by Gasteiger charge is -2.39. The molecule has 2 atom stereocenters. The van der Waals surface area contributed by atoms with E-state index in [1.54, 1.807) is 18.4 Å². The SMILES string of the molecule is CN(C)S(=O)(=O)N1CCCCC1C1CCCN1. The van der Waals surface area contributed by atoms with Crippen LogP contribution in [-0.2, 0) is 10.2 Å². The van der Waals surface area contributed by atoms with Crippen LogP contribution in [0, 0.1) is 0 Å². The maximum Gasteiger partial charge on any atom is 0.281 e. The molecule has 2 aliphatic rings. The third kappa shape index (κ3) is 2.65. The number of piperidine rings is 1. The number of hydrogen-bond donors (Lipinski definition) is 1. The van der Waals surface area contributed by atoms with Gasteiger partial charge in [0.2, 0.25) is 0 Å². The van der Waals surface area contributed by atoms with E-state index in [-0.39, 0.29) is 6.04 Å². The zero-order valence-corrected chi connectivity index (χ0v) is 11.5. The molecule has 2 heterocycles. The van der Waals surface area contributed by atoms with Crippen LogP contribution >= 0.6 is 0 Å². The Morgan fingerprint density at radius 2 is 1.94 bits per heavy atom. The van der Waals surface area contributed by atoms with Gasteiger partial charge in [-0.3, -0.25) is 0 Å². The second-order valence-corrected chi connectivity index (χ2v) is 7.26. The summed E-state index contributed by atoms with van der Waals surface area (Å²) >= 11 is 0. The van der Waals surface area contributed by atoms with Gasteiger partial charge in [0.1, 0.15) is 0 Å². The highest BCUT2D eigenvalue weighted by atomic mass is 32.2. The van der Waals surface area contributed by atoms with E-state index in [2.05, 4.69) is 5.32 Å². The standard InChI is InChI=1S/C11H23N3O2S/c1-13(2)17(15,16)14-9-4-3-7-11(14)10-6-5-8-12-10/h10-12H,3-9H2,1-2H3. The molecule has 0 aromatic carbocycles. The molecule has 0 aromatic heterocycles. The molecule has 0 spiro atoms. The van der Waals surface area contributed by atoms with E-state index in [1.807, 2.05) is 0 Å². The molecule has 17 heavy (non-hydrogen) atoms. The molecule has 1 N–H and O–H groups in total. The predicted molar refractivity (Wildman–Crippen MR) is 68.0 cm³/mol. The van der Waals surface area contributed by atoms with Gasteiger partial charge in [0.05, 0.1) is 0 Å². The summed E-state index contributed by atoms with van der Waals surface area (Å²) < 4.78 is 27.6. The Bertz CT molecular complexity index is 350. The first-order valence-corrected chi connectivity index (χ1v) is 7.86. The van der Waals surface area contributed by atoms with Crippen molar-refractivity contribution in [2.24, 2.45) is 0 Å². The van der Waals surface area contributed by atoms with Gasteiger partial charge in [-0.1, -0.05) is 6.42 Å². The summed E-state index contributed by atoms with van der Waals surface area (Å²) in [5.41, 5.74) is 0. The highest BCUT2D eigenvalue weighted by Crippen LogP contribution is 2.27. The predicted octanol–water partition coefficient (Wildman–Crippen LogP) is 0.399. The molecular formula is C11H23N3O2S. The van der Waals surface area contributed by atoms with Gasteiger partial charge in [-0.2, -0.15) is 17.0 Å². The molecular weight excluding hydrogens is 238 g/mol. The van der Waals surface area contributed by atoms with Crippen molar-refractivity contribution in [1.82, 2.24) is 13.9 Å². The van der Waals surface area contributed by atoms with Crippen LogP contribution in [0.5, 0.6) is 0 Å². The van der Waals surface area contributed by atoms with Crippen LogP contribution in [0.2, 0.25) is 0 Å². The van der Waals surface area contributed by atoms with Gasteiger partial charge in [0, 0.05) is 32.7 Å². The van der Waals surface area contributed by atoms with Gasteiger partial charge in [-0.25, -0.2) is 0 Å². The van der Waals surface area contributed by atoms with Crippen LogP contribution in [0.4, 0.5) is 0 Å². The van der Waals surface area contributed by atoms with Crippen LogP contribution < -0.4 is 5.32 Å². The molecule has 100 valence electrons. The molecule has 0 aliphatic carbocycles. The van der Waals surface area contributed by atoms with Crippen molar-refractivity contribution in [2.75, 3.05) is 27.2 Å². The molecule has 0 saturated carbocycles. The molecule has 2 fully saturated rings. The first kappa shape index (κ1) is 13.3. The summed E-state index contributed by atoms with van der Waals surface area (Å²) in [7, 11) is -0.0316. The van der Waals surface area contributed by atoms with E-state index in [4.69, 9.17) is 0 Å². The normalized spacial score (nSPS) is 32.2. The first-order valence-electron chi connectivity index (χ1n) is 6.46. The van der Waals surface area contributed by atoms with Crippen LogP contribution in [0.15, 0.2) is 0 Å². The van der Waals surface area contributed by atoms with Crippen LogP contribution in [-0.4, -0.2) is 56.3 Å². The van der Waals surface area contributed by atoms with E-state index in [9.17, 15) is 8.42 Å². The smallest absolute Gasteiger partial charge is 0.281 e. The van der Waals surface area contributed by atoms with Gasteiger partial charge in [-0.15, -0.1) is 0 Å². The van der Waals surface area contributed by atoms with E-state index in [1.165, 1.54) is 4.31 Å². The van der Waals surface area contributed by atoms with Gasteiger partial charge >= 0.3 is 0 Å². The Kier molecular flexibility index (Phi) is 4.07. The molecule has 2 unspecified atom stereocenters. The van der Waals surface area contributed by atoms with E-state index in [0.29, 0.717) is 12.6 Å².